The molecule has 1 fully saturated rings. The van der Waals surface area contributed by atoms with Crippen molar-refractivity contribution >= 4 is 16.9 Å². The van der Waals surface area contributed by atoms with E-state index in [1.54, 1.807) is 12.1 Å². The molecule has 8 rings (SSSR count). The highest BCUT2D eigenvalue weighted by atomic mass is 19.1. The van der Waals surface area contributed by atoms with Gasteiger partial charge in [-0.25, -0.2) is 4.39 Å². The summed E-state index contributed by atoms with van der Waals surface area (Å²) in [6, 6.07) is 29.8. The summed E-state index contributed by atoms with van der Waals surface area (Å²) in [5, 5.41) is 0. The smallest absolute Gasteiger partial charge is 0.123 e. The Morgan fingerprint density at radius 1 is 0.769 bits per heavy atom. The van der Waals surface area contributed by atoms with E-state index in [0.717, 1.165) is 5.69 Å². The molecule has 39 heavy (non-hydrogen) atoms. The Bertz CT molecular complexity index is 1720. The molecular weight excluding hydrogens is 477 g/mol. The number of aryl methyl sites for hydroxylation is 1. The molecule has 4 aromatic rings. The minimum absolute atomic E-state index is 0.0886. The SMILES string of the molecule is Cc1cc2c(cc1-c1ccccc1C1CC1)C1=CC3c4ccccc4N(c4ccc(F)cc4)C3C=C1C2(C)C. The van der Waals surface area contributed by atoms with Crippen LogP contribution >= 0.6 is 0 Å². The number of anilines is 2. The van der Waals surface area contributed by atoms with Gasteiger partial charge in [-0.15, -0.1) is 0 Å². The van der Waals surface area contributed by atoms with E-state index in [9.17, 15) is 4.39 Å². The fourth-order valence-corrected chi connectivity index (χ4v) is 7.46. The molecule has 0 bridgehead atoms. The van der Waals surface area contributed by atoms with Crippen molar-refractivity contribution in [1.82, 2.24) is 0 Å². The summed E-state index contributed by atoms with van der Waals surface area (Å²) in [6.07, 6.45) is 7.65. The van der Waals surface area contributed by atoms with E-state index in [0.29, 0.717) is 5.92 Å². The molecule has 192 valence electrons. The van der Waals surface area contributed by atoms with Gasteiger partial charge in [-0.2, -0.15) is 0 Å². The second-order valence-electron chi connectivity index (χ2n) is 12.3. The molecule has 1 heterocycles. The van der Waals surface area contributed by atoms with Crippen LogP contribution in [0.25, 0.3) is 16.7 Å². The summed E-state index contributed by atoms with van der Waals surface area (Å²) in [4.78, 5) is 2.40. The summed E-state index contributed by atoms with van der Waals surface area (Å²) in [6.45, 7) is 7.03. The van der Waals surface area contributed by atoms with Gasteiger partial charge in [0.25, 0.3) is 0 Å². The highest BCUT2D eigenvalue weighted by Gasteiger charge is 2.46. The van der Waals surface area contributed by atoms with E-state index in [1.165, 1.54) is 68.6 Å². The van der Waals surface area contributed by atoms with E-state index < -0.39 is 0 Å². The summed E-state index contributed by atoms with van der Waals surface area (Å²) >= 11 is 0. The van der Waals surface area contributed by atoms with Crippen molar-refractivity contribution in [3.05, 3.63) is 136 Å². The number of rotatable bonds is 3. The molecule has 0 amide bonds. The first-order chi connectivity index (χ1) is 18.9. The lowest BCUT2D eigenvalue weighted by atomic mass is 9.77. The van der Waals surface area contributed by atoms with Crippen LogP contribution < -0.4 is 4.90 Å². The topological polar surface area (TPSA) is 3.24 Å². The van der Waals surface area contributed by atoms with E-state index in [1.807, 2.05) is 12.1 Å². The van der Waals surface area contributed by atoms with Crippen molar-refractivity contribution in [3.63, 3.8) is 0 Å². The maximum Gasteiger partial charge on any atom is 0.123 e. The average molecular weight is 510 g/mol. The Morgan fingerprint density at radius 3 is 2.26 bits per heavy atom. The zero-order valence-electron chi connectivity index (χ0n) is 22.7. The molecular formula is C37H32FN. The second-order valence-corrected chi connectivity index (χ2v) is 12.3. The molecule has 2 unspecified atom stereocenters. The van der Waals surface area contributed by atoms with Gasteiger partial charge in [0.05, 0.1) is 6.04 Å². The Morgan fingerprint density at radius 2 is 1.49 bits per heavy atom. The van der Waals surface area contributed by atoms with Crippen LogP contribution in [-0.2, 0) is 5.41 Å². The van der Waals surface area contributed by atoms with Gasteiger partial charge in [0.2, 0.25) is 0 Å². The predicted octanol–water partition coefficient (Wildman–Crippen LogP) is 9.60. The van der Waals surface area contributed by atoms with Crippen LogP contribution in [0, 0.1) is 12.7 Å². The quantitative estimate of drug-likeness (QED) is 0.266. The number of hydrogen-bond acceptors (Lipinski definition) is 1. The Hall–Kier alpha value is -3.91. The van der Waals surface area contributed by atoms with Gasteiger partial charge < -0.3 is 4.90 Å². The number of nitrogens with zero attached hydrogens (tertiary/aromatic N) is 1. The lowest BCUT2D eigenvalue weighted by Crippen LogP contribution is -2.31. The summed E-state index contributed by atoms with van der Waals surface area (Å²) in [5.41, 5.74) is 14.7. The third-order valence-corrected chi connectivity index (χ3v) is 9.57. The normalized spacial score (nSPS) is 22.0. The number of fused-ring (bicyclic) bond motifs is 6. The predicted molar refractivity (Wildman–Crippen MR) is 159 cm³/mol. The van der Waals surface area contributed by atoms with Crippen LogP contribution in [0.3, 0.4) is 0 Å². The van der Waals surface area contributed by atoms with Crippen LogP contribution in [-0.4, -0.2) is 6.04 Å². The molecule has 2 atom stereocenters. The monoisotopic (exact) mass is 509 g/mol. The van der Waals surface area contributed by atoms with Crippen LogP contribution in [0.4, 0.5) is 15.8 Å². The average Bonchev–Trinajstić information content (AvgIpc) is 3.71. The second kappa shape index (κ2) is 8.05. The Labute approximate surface area is 230 Å². The Kier molecular flexibility index (Phi) is 4.75. The molecule has 1 nitrogen and oxygen atoms in total. The fraction of sp³-hybridized carbons (Fsp3) is 0.243. The lowest BCUT2D eigenvalue weighted by molar-refractivity contribution is 0.626. The number of para-hydroxylation sites is 1. The minimum atomic E-state index is -0.200. The molecule has 4 aliphatic rings. The molecule has 1 aliphatic heterocycles. The molecule has 2 heteroatoms. The first kappa shape index (κ1) is 23.0. The maximum absolute atomic E-state index is 13.9. The first-order valence-corrected chi connectivity index (χ1v) is 14.2. The molecule has 0 spiro atoms. The molecule has 0 N–H and O–H groups in total. The third-order valence-electron chi connectivity index (χ3n) is 9.57. The highest BCUT2D eigenvalue weighted by Crippen LogP contribution is 2.58. The van der Waals surface area contributed by atoms with E-state index in [-0.39, 0.29) is 23.2 Å². The van der Waals surface area contributed by atoms with E-state index in [4.69, 9.17) is 0 Å². The van der Waals surface area contributed by atoms with Crippen LogP contribution in [0.1, 0.15) is 66.3 Å². The number of allylic oxidation sites excluding steroid dienone is 2. The fourth-order valence-electron chi connectivity index (χ4n) is 7.46. The summed E-state index contributed by atoms with van der Waals surface area (Å²) < 4.78 is 13.9. The van der Waals surface area contributed by atoms with Crippen molar-refractivity contribution in [3.8, 4) is 11.1 Å². The van der Waals surface area contributed by atoms with E-state index >= 15 is 0 Å². The van der Waals surface area contributed by atoms with Gasteiger partial charge in [0.15, 0.2) is 0 Å². The van der Waals surface area contributed by atoms with Crippen molar-refractivity contribution in [2.75, 3.05) is 4.90 Å². The molecule has 0 aromatic heterocycles. The molecule has 0 radical (unpaired) electrons. The van der Waals surface area contributed by atoms with Crippen LogP contribution in [0.15, 0.2) is 103 Å². The van der Waals surface area contributed by atoms with Crippen molar-refractivity contribution in [2.45, 2.75) is 56.9 Å². The largest absolute Gasteiger partial charge is 0.333 e. The zero-order valence-corrected chi connectivity index (χ0v) is 22.7. The standard InChI is InChI=1S/C37H32FN/c1-22-18-33-30(19-29(22)27-9-5-4-8-26(27)23-12-13-23)31-20-32-28-10-6-7-11-35(28)39(25-16-14-24(38)15-17-25)36(32)21-34(31)37(33,2)3/h4-11,14-21,23,32,36H,12-13H2,1-3H3. The van der Waals surface area contributed by atoms with Gasteiger partial charge in [0.1, 0.15) is 5.82 Å². The molecule has 4 aromatic carbocycles. The van der Waals surface area contributed by atoms with Crippen LogP contribution in [0.5, 0.6) is 0 Å². The zero-order chi connectivity index (χ0) is 26.5. The van der Waals surface area contributed by atoms with Gasteiger partial charge in [-0.3, -0.25) is 0 Å². The lowest BCUT2D eigenvalue weighted by Gasteiger charge is -2.33. The number of hydrogen-bond donors (Lipinski definition) is 0. The van der Waals surface area contributed by atoms with E-state index in [2.05, 4.69) is 98.5 Å². The van der Waals surface area contributed by atoms with Crippen molar-refractivity contribution in [1.29, 1.82) is 0 Å². The van der Waals surface area contributed by atoms with Crippen molar-refractivity contribution < 1.29 is 4.39 Å². The van der Waals surface area contributed by atoms with Crippen molar-refractivity contribution in [2.24, 2.45) is 0 Å². The van der Waals surface area contributed by atoms with Gasteiger partial charge in [-0.1, -0.05) is 74.5 Å². The molecule has 3 aliphatic carbocycles. The number of halogens is 1. The summed E-state index contributed by atoms with van der Waals surface area (Å²) in [7, 11) is 0. The van der Waals surface area contributed by atoms with Gasteiger partial charge in [-0.05, 0) is 112 Å². The highest BCUT2D eigenvalue weighted by molar-refractivity contribution is 5.95. The molecule has 1 saturated carbocycles. The maximum atomic E-state index is 13.9. The molecule has 0 saturated heterocycles. The van der Waals surface area contributed by atoms with Crippen LogP contribution in [0.2, 0.25) is 0 Å². The van der Waals surface area contributed by atoms with Gasteiger partial charge >= 0.3 is 0 Å². The summed E-state index contributed by atoms with van der Waals surface area (Å²) in [5.74, 6) is 0.756. The Balaban J connectivity index is 1.30. The third kappa shape index (κ3) is 3.30. The minimum Gasteiger partial charge on any atom is -0.333 e. The first-order valence-electron chi connectivity index (χ1n) is 14.2. The number of benzene rings is 4. The van der Waals surface area contributed by atoms with Gasteiger partial charge in [0, 0.05) is 22.7 Å².